The number of nitrogens with one attached hydrogen (secondary N) is 1. The van der Waals surface area contributed by atoms with Crippen molar-refractivity contribution in [2.45, 2.75) is 12.6 Å². The number of hydrogen-bond acceptors (Lipinski definition) is 4. The van der Waals surface area contributed by atoms with Gasteiger partial charge in [-0.15, -0.1) is 6.42 Å². The number of rotatable bonds is 9. The fourth-order valence-electron chi connectivity index (χ4n) is 4.49. The first-order valence-corrected chi connectivity index (χ1v) is 13.6. The van der Waals surface area contributed by atoms with Crippen molar-refractivity contribution in [1.29, 1.82) is 0 Å². The molecule has 0 aliphatic rings. The molecule has 0 bridgehead atoms. The SMILES string of the molecule is C#CCOc1ccc(C(=O)c2ccc(NCC(O)Cn3c4ccc(Br)cc4c4cc(Br)ccc43)cc2)cc1. The second-order valence-electron chi connectivity index (χ2n) is 8.89. The molecule has 0 fully saturated rings. The van der Waals surface area contributed by atoms with E-state index in [1.54, 1.807) is 36.4 Å². The Morgan fingerprint density at radius 2 is 1.45 bits per heavy atom. The van der Waals surface area contributed by atoms with Crippen LogP contribution in [0.4, 0.5) is 5.69 Å². The van der Waals surface area contributed by atoms with Crippen LogP contribution in [0.2, 0.25) is 0 Å². The number of aliphatic hydroxyl groups is 1. The summed E-state index contributed by atoms with van der Waals surface area (Å²) in [6.45, 7) is 0.986. The van der Waals surface area contributed by atoms with E-state index >= 15 is 0 Å². The second-order valence-corrected chi connectivity index (χ2v) is 10.7. The Balaban J connectivity index is 1.25. The largest absolute Gasteiger partial charge is 0.481 e. The van der Waals surface area contributed by atoms with Crippen molar-refractivity contribution in [3.05, 3.63) is 105 Å². The van der Waals surface area contributed by atoms with E-state index in [9.17, 15) is 9.90 Å². The van der Waals surface area contributed by atoms with Crippen LogP contribution in [0.3, 0.4) is 0 Å². The number of aliphatic hydroxyl groups excluding tert-OH is 1. The van der Waals surface area contributed by atoms with Crippen LogP contribution < -0.4 is 10.1 Å². The summed E-state index contributed by atoms with van der Waals surface area (Å²) in [5, 5.41) is 16.4. The number of carbonyl (C=O) groups is 1. The molecular weight excluding hydrogens is 608 g/mol. The molecule has 0 radical (unpaired) electrons. The minimum atomic E-state index is -0.627. The molecule has 1 aromatic heterocycles. The summed E-state index contributed by atoms with van der Waals surface area (Å²) >= 11 is 7.15. The maximum absolute atomic E-state index is 12.8. The molecule has 2 N–H and O–H groups in total. The van der Waals surface area contributed by atoms with Crippen LogP contribution in [0.5, 0.6) is 5.75 Å². The Morgan fingerprint density at radius 3 is 2.00 bits per heavy atom. The lowest BCUT2D eigenvalue weighted by Crippen LogP contribution is -2.24. The highest BCUT2D eigenvalue weighted by Crippen LogP contribution is 2.33. The zero-order chi connectivity index (χ0) is 26.6. The highest BCUT2D eigenvalue weighted by molar-refractivity contribution is 9.10. The number of ketones is 1. The average molecular weight is 632 g/mol. The number of terminal acetylenes is 1. The van der Waals surface area contributed by atoms with Gasteiger partial charge >= 0.3 is 0 Å². The molecule has 0 amide bonds. The third kappa shape index (κ3) is 5.63. The summed E-state index contributed by atoms with van der Waals surface area (Å²) in [7, 11) is 0. The van der Waals surface area contributed by atoms with E-state index in [1.165, 1.54) is 0 Å². The van der Waals surface area contributed by atoms with Crippen LogP contribution in [0.15, 0.2) is 93.9 Å². The van der Waals surface area contributed by atoms with Crippen LogP contribution >= 0.6 is 31.9 Å². The predicted octanol–water partition coefficient (Wildman–Crippen LogP) is 7.04. The molecule has 0 aliphatic heterocycles. The fourth-order valence-corrected chi connectivity index (χ4v) is 5.21. The number of aromatic nitrogens is 1. The topological polar surface area (TPSA) is 63.5 Å². The van der Waals surface area contributed by atoms with E-state index in [0.717, 1.165) is 36.4 Å². The van der Waals surface area contributed by atoms with Crippen LogP contribution in [0, 0.1) is 12.3 Å². The lowest BCUT2D eigenvalue weighted by Gasteiger charge is -2.16. The Morgan fingerprint density at radius 1 is 0.895 bits per heavy atom. The minimum Gasteiger partial charge on any atom is -0.481 e. The van der Waals surface area contributed by atoms with Crippen molar-refractivity contribution in [1.82, 2.24) is 4.57 Å². The molecule has 38 heavy (non-hydrogen) atoms. The molecule has 0 saturated heterocycles. The Hall–Kier alpha value is -3.57. The van der Waals surface area contributed by atoms with Crippen molar-refractivity contribution >= 4 is 65.1 Å². The highest BCUT2D eigenvalue weighted by Gasteiger charge is 2.15. The van der Waals surface area contributed by atoms with Gasteiger partial charge in [0.25, 0.3) is 0 Å². The Bertz CT molecular complexity index is 1590. The zero-order valence-electron chi connectivity index (χ0n) is 20.3. The number of hydrogen-bond donors (Lipinski definition) is 2. The first-order valence-electron chi connectivity index (χ1n) is 12.0. The molecule has 1 heterocycles. The number of nitrogens with zero attached hydrogens (tertiary/aromatic N) is 1. The van der Waals surface area contributed by atoms with Gasteiger partial charge in [0, 0.05) is 54.1 Å². The first kappa shape index (κ1) is 26.1. The fraction of sp³-hybridized carbons (Fsp3) is 0.129. The first-order chi connectivity index (χ1) is 18.4. The van der Waals surface area contributed by atoms with E-state index < -0.39 is 6.10 Å². The quantitative estimate of drug-likeness (QED) is 0.135. The number of fused-ring (bicyclic) bond motifs is 3. The summed E-state index contributed by atoms with van der Waals surface area (Å²) < 4.78 is 9.54. The smallest absolute Gasteiger partial charge is 0.193 e. The van der Waals surface area contributed by atoms with Crippen molar-refractivity contribution in [3.8, 4) is 18.1 Å². The van der Waals surface area contributed by atoms with Gasteiger partial charge in [-0.1, -0.05) is 37.8 Å². The molecule has 7 heteroatoms. The number of anilines is 1. The monoisotopic (exact) mass is 630 g/mol. The molecule has 5 aromatic rings. The van der Waals surface area contributed by atoms with E-state index in [0.29, 0.717) is 30.0 Å². The summed E-state index contributed by atoms with van der Waals surface area (Å²) in [5.74, 6) is 2.96. The predicted molar refractivity (Wildman–Crippen MR) is 160 cm³/mol. The van der Waals surface area contributed by atoms with Crippen LogP contribution in [0.25, 0.3) is 21.8 Å². The summed E-state index contributed by atoms with van der Waals surface area (Å²) in [4.78, 5) is 12.8. The maximum atomic E-state index is 12.8. The van der Waals surface area contributed by atoms with Gasteiger partial charge in [-0.2, -0.15) is 0 Å². The highest BCUT2D eigenvalue weighted by atomic mass is 79.9. The van der Waals surface area contributed by atoms with Crippen molar-refractivity contribution in [2.24, 2.45) is 0 Å². The van der Waals surface area contributed by atoms with Crippen LogP contribution in [-0.2, 0) is 6.54 Å². The van der Waals surface area contributed by atoms with Gasteiger partial charge in [-0.25, -0.2) is 0 Å². The molecule has 190 valence electrons. The number of ether oxygens (including phenoxy) is 1. The van der Waals surface area contributed by atoms with Crippen LogP contribution in [-0.4, -0.2) is 34.7 Å². The van der Waals surface area contributed by atoms with Gasteiger partial charge in [-0.05, 0) is 84.9 Å². The third-order valence-electron chi connectivity index (χ3n) is 6.31. The van der Waals surface area contributed by atoms with Crippen molar-refractivity contribution in [3.63, 3.8) is 0 Å². The molecular formula is C31H24Br2N2O3. The van der Waals surface area contributed by atoms with Crippen LogP contribution in [0.1, 0.15) is 15.9 Å². The molecule has 1 atom stereocenters. The van der Waals surface area contributed by atoms with E-state index in [1.807, 2.05) is 24.3 Å². The molecule has 1 unspecified atom stereocenters. The lowest BCUT2D eigenvalue weighted by molar-refractivity contribution is 0.103. The number of halogens is 2. The molecule has 4 aromatic carbocycles. The van der Waals surface area contributed by atoms with E-state index in [2.05, 4.69) is 71.9 Å². The second kappa shape index (κ2) is 11.4. The molecule has 5 nitrogen and oxygen atoms in total. The Kier molecular flexibility index (Phi) is 7.85. The van der Waals surface area contributed by atoms with Gasteiger partial charge < -0.3 is 19.7 Å². The van der Waals surface area contributed by atoms with E-state index in [-0.39, 0.29) is 12.4 Å². The normalized spacial score (nSPS) is 11.8. The summed E-state index contributed by atoms with van der Waals surface area (Å²) in [6, 6.07) is 26.6. The molecule has 0 aliphatic carbocycles. The lowest BCUT2D eigenvalue weighted by atomic mass is 10.0. The third-order valence-corrected chi connectivity index (χ3v) is 7.30. The van der Waals surface area contributed by atoms with E-state index in [4.69, 9.17) is 11.2 Å². The minimum absolute atomic E-state index is 0.0790. The van der Waals surface area contributed by atoms with Gasteiger partial charge in [0.1, 0.15) is 12.4 Å². The summed E-state index contributed by atoms with van der Waals surface area (Å²) in [6.07, 6.45) is 4.58. The molecule has 5 rings (SSSR count). The maximum Gasteiger partial charge on any atom is 0.193 e. The number of carbonyl (C=O) groups excluding carboxylic acids is 1. The van der Waals surface area contributed by atoms with Gasteiger partial charge in [0.05, 0.1) is 12.6 Å². The average Bonchev–Trinajstić information content (AvgIpc) is 3.22. The summed E-state index contributed by atoms with van der Waals surface area (Å²) in [5.41, 5.74) is 4.11. The van der Waals surface area contributed by atoms with Gasteiger partial charge in [-0.3, -0.25) is 4.79 Å². The van der Waals surface area contributed by atoms with Gasteiger partial charge in [0.15, 0.2) is 5.78 Å². The number of benzene rings is 4. The van der Waals surface area contributed by atoms with Gasteiger partial charge in [0.2, 0.25) is 0 Å². The zero-order valence-corrected chi connectivity index (χ0v) is 23.5. The molecule has 0 saturated carbocycles. The van der Waals surface area contributed by atoms with Crippen molar-refractivity contribution in [2.75, 3.05) is 18.5 Å². The molecule has 0 spiro atoms. The van der Waals surface area contributed by atoms with Crippen molar-refractivity contribution < 1.29 is 14.6 Å². The Labute approximate surface area is 237 Å². The standard InChI is InChI=1S/C31H24Br2N2O3/c1-2-15-38-26-11-5-21(6-12-26)31(37)20-3-9-24(10-4-20)34-18-25(36)19-35-29-13-7-22(32)16-27(29)28-17-23(33)8-14-30(28)35/h1,3-14,16-17,25,34,36H,15,18-19H2.